The number of aliphatic carboxylic acids is 1. The first-order valence-electron chi connectivity index (χ1n) is 6.61. The molecular formula is C14H16ClF2NO3. The Labute approximate surface area is 126 Å². The minimum Gasteiger partial charge on any atom is -0.480 e. The molecule has 1 aliphatic rings. The van der Waals surface area contributed by atoms with Crippen LogP contribution in [-0.2, 0) is 11.3 Å². The first-order valence-corrected chi connectivity index (χ1v) is 6.99. The zero-order valence-corrected chi connectivity index (χ0v) is 12.0. The van der Waals surface area contributed by atoms with E-state index in [-0.39, 0.29) is 18.8 Å². The Morgan fingerprint density at radius 1 is 1.48 bits per heavy atom. The molecule has 1 aromatic rings. The van der Waals surface area contributed by atoms with Crippen LogP contribution in [0, 0.1) is 5.92 Å². The fourth-order valence-electron chi connectivity index (χ4n) is 2.17. The highest BCUT2D eigenvalue weighted by Crippen LogP contribution is 2.31. The molecule has 0 amide bonds. The Kier molecular flexibility index (Phi) is 5.36. The van der Waals surface area contributed by atoms with Crippen molar-refractivity contribution in [3.63, 3.8) is 0 Å². The molecule has 1 N–H and O–H groups in total. The summed E-state index contributed by atoms with van der Waals surface area (Å²) >= 11 is 5.88. The summed E-state index contributed by atoms with van der Waals surface area (Å²) in [6.45, 7) is -2.23. The Morgan fingerprint density at radius 2 is 2.19 bits per heavy atom. The van der Waals surface area contributed by atoms with E-state index in [0.717, 1.165) is 12.8 Å². The number of carbonyl (C=O) groups is 1. The monoisotopic (exact) mass is 319 g/mol. The predicted molar refractivity (Wildman–Crippen MR) is 73.7 cm³/mol. The summed E-state index contributed by atoms with van der Waals surface area (Å²) in [5, 5.41) is 9.34. The van der Waals surface area contributed by atoms with E-state index in [1.165, 1.54) is 18.2 Å². The van der Waals surface area contributed by atoms with E-state index in [4.69, 9.17) is 16.7 Å². The van der Waals surface area contributed by atoms with Gasteiger partial charge in [-0.3, -0.25) is 9.69 Å². The van der Waals surface area contributed by atoms with Crippen LogP contribution < -0.4 is 4.74 Å². The van der Waals surface area contributed by atoms with Gasteiger partial charge >= 0.3 is 12.6 Å². The van der Waals surface area contributed by atoms with Crippen molar-refractivity contribution >= 4 is 17.6 Å². The van der Waals surface area contributed by atoms with Crippen LogP contribution in [0.1, 0.15) is 18.4 Å². The average molecular weight is 320 g/mol. The van der Waals surface area contributed by atoms with Gasteiger partial charge in [-0.25, -0.2) is 0 Å². The summed E-state index contributed by atoms with van der Waals surface area (Å²) in [4.78, 5) is 12.6. The predicted octanol–water partition coefficient (Wildman–Crippen LogP) is 3.24. The van der Waals surface area contributed by atoms with Gasteiger partial charge in [-0.15, -0.1) is 0 Å². The van der Waals surface area contributed by atoms with Crippen LogP contribution in [-0.4, -0.2) is 35.7 Å². The number of ether oxygens (including phenoxy) is 1. The number of halogens is 3. The van der Waals surface area contributed by atoms with E-state index in [2.05, 4.69) is 4.74 Å². The van der Waals surface area contributed by atoms with Crippen molar-refractivity contribution in [2.75, 3.05) is 13.1 Å². The lowest BCUT2D eigenvalue weighted by molar-refractivity contribution is -0.138. The summed E-state index contributed by atoms with van der Waals surface area (Å²) in [6, 6.07) is 4.37. The molecule has 1 fully saturated rings. The number of benzene rings is 1. The fourth-order valence-corrected chi connectivity index (χ4v) is 2.36. The molecule has 0 unspecified atom stereocenters. The Morgan fingerprint density at radius 3 is 2.76 bits per heavy atom. The number of alkyl halides is 2. The van der Waals surface area contributed by atoms with Gasteiger partial charge in [-0.1, -0.05) is 11.6 Å². The third-order valence-electron chi connectivity index (χ3n) is 3.20. The maximum atomic E-state index is 12.4. The van der Waals surface area contributed by atoms with E-state index in [1.54, 1.807) is 4.90 Å². The lowest BCUT2D eigenvalue weighted by atomic mass is 10.1. The van der Waals surface area contributed by atoms with Gasteiger partial charge in [0.25, 0.3) is 0 Å². The van der Waals surface area contributed by atoms with Crippen molar-refractivity contribution in [1.82, 2.24) is 4.90 Å². The first kappa shape index (κ1) is 16.0. The molecule has 0 bridgehead atoms. The zero-order chi connectivity index (χ0) is 15.4. The van der Waals surface area contributed by atoms with Crippen LogP contribution >= 0.6 is 11.6 Å². The van der Waals surface area contributed by atoms with Gasteiger partial charge in [0.2, 0.25) is 0 Å². The van der Waals surface area contributed by atoms with Crippen LogP contribution in [0.2, 0.25) is 5.02 Å². The highest BCUT2D eigenvalue weighted by molar-refractivity contribution is 6.30. The summed E-state index contributed by atoms with van der Waals surface area (Å²) in [5.41, 5.74) is 0.463. The van der Waals surface area contributed by atoms with E-state index >= 15 is 0 Å². The van der Waals surface area contributed by atoms with Crippen LogP contribution in [0.3, 0.4) is 0 Å². The molecule has 116 valence electrons. The minimum atomic E-state index is -2.93. The van der Waals surface area contributed by atoms with Crippen molar-refractivity contribution in [2.45, 2.75) is 26.0 Å². The van der Waals surface area contributed by atoms with Gasteiger partial charge in [0.05, 0.1) is 6.54 Å². The number of nitrogens with zero attached hydrogens (tertiary/aromatic N) is 1. The summed E-state index contributed by atoms with van der Waals surface area (Å²) in [7, 11) is 0. The normalized spacial score (nSPS) is 14.7. The molecular weight excluding hydrogens is 304 g/mol. The molecule has 2 rings (SSSR count). The highest BCUT2D eigenvalue weighted by Gasteiger charge is 2.26. The van der Waals surface area contributed by atoms with Crippen molar-refractivity contribution in [2.24, 2.45) is 5.92 Å². The Bertz CT molecular complexity index is 509. The molecule has 21 heavy (non-hydrogen) atoms. The van der Waals surface area contributed by atoms with Gasteiger partial charge in [-0.2, -0.15) is 8.78 Å². The van der Waals surface area contributed by atoms with E-state index < -0.39 is 12.6 Å². The van der Waals surface area contributed by atoms with Crippen molar-refractivity contribution in [1.29, 1.82) is 0 Å². The van der Waals surface area contributed by atoms with Crippen molar-refractivity contribution in [3.05, 3.63) is 28.8 Å². The molecule has 0 atom stereocenters. The molecule has 1 aliphatic carbocycles. The summed E-state index contributed by atoms with van der Waals surface area (Å²) in [6.07, 6.45) is 2.15. The maximum absolute atomic E-state index is 12.4. The van der Waals surface area contributed by atoms with Gasteiger partial charge in [-0.05, 0) is 37.0 Å². The SMILES string of the molecule is O=C(O)CN(Cc1cc(Cl)ccc1OC(F)F)CC1CC1. The van der Waals surface area contributed by atoms with Crippen LogP contribution in [0.5, 0.6) is 5.75 Å². The molecule has 0 aliphatic heterocycles. The average Bonchev–Trinajstić information content (AvgIpc) is 3.15. The number of rotatable bonds is 8. The molecule has 0 aromatic heterocycles. The number of carboxylic acids is 1. The van der Waals surface area contributed by atoms with E-state index in [0.29, 0.717) is 23.0 Å². The number of hydrogen-bond donors (Lipinski definition) is 1. The molecule has 0 saturated heterocycles. The molecule has 4 nitrogen and oxygen atoms in total. The van der Waals surface area contributed by atoms with Gasteiger partial charge < -0.3 is 9.84 Å². The van der Waals surface area contributed by atoms with Gasteiger partial charge in [0.1, 0.15) is 5.75 Å². The second-order valence-electron chi connectivity index (χ2n) is 5.14. The molecule has 0 spiro atoms. The Hall–Kier alpha value is -1.40. The van der Waals surface area contributed by atoms with Crippen LogP contribution in [0.25, 0.3) is 0 Å². The molecule has 0 radical (unpaired) electrons. The summed E-state index contributed by atoms with van der Waals surface area (Å²) < 4.78 is 29.3. The minimum absolute atomic E-state index is 0.0283. The van der Waals surface area contributed by atoms with E-state index in [9.17, 15) is 13.6 Å². The maximum Gasteiger partial charge on any atom is 0.387 e. The number of hydrogen-bond acceptors (Lipinski definition) is 3. The Balaban J connectivity index is 2.12. The van der Waals surface area contributed by atoms with E-state index in [1.807, 2.05) is 0 Å². The third-order valence-corrected chi connectivity index (χ3v) is 3.44. The largest absolute Gasteiger partial charge is 0.480 e. The van der Waals surface area contributed by atoms with Crippen molar-refractivity contribution < 1.29 is 23.4 Å². The lowest BCUT2D eigenvalue weighted by Crippen LogP contribution is -2.31. The molecule has 7 heteroatoms. The van der Waals surface area contributed by atoms with Gasteiger partial charge in [0.15, 0.2) is 0 Å². The smallest absolute Gasteiger partial charge is 0.387 e. The molecule has 0 heterocycles. The van der Waals surface area contributed by atoms with Gasteiger partial charge in [0, 0.05) is 23.7 Å². The zero-order valence-electron chi connectivity index (χ0n) is 11.3. The summed E-state index contributed by atoms with van der Waals surface area (Å²) in [5.74, 6) is -0.433. The second kappa shape index (κ2) is 7.04. The molecule has 1 aromatic carbocycles. The van der Waals surface area contributed by atoms with Crippen molar-refractivity contribution in [3.8, 4) is 5.75 Å². The fraction of sp³-hybridized carbons (Fsp3) is 0.500. The third kappa shape index (κ3) is 5.47. The highest BCUT2D eigenvalue weighted by atomic mass is 35.5. The quantitative estimate of drug-likeness (QED) is 0.799. The first-order chi connectivity index (χ1) is 9.94. The topological polar surface area (TPSA) is 49.8 Å². The lowest BCUT2D eigenvalue weighted by Gasteiger charge is -2.21. The molecule has 1 saturated carbocycles. The number of carboxylic acid groups (broad SMARTS) is 1. The second-order valence-corrected chi connectivity index (χ2v) is 5.57. The van der Waals surface area contributed by atoms with Crippen LogP contribution in [0.4, 0.5) is 8.78 Å². The van der Waals surface area contributed by atoms with Crippen LogP contribution in [0.15, 0.2) is 18.2 Å². The standard InChI is InChI=1S/C14H16ClF2NO3/c15-11-3-4-12(21-14(16)17)10(5-11)7-18(8-13(19)20)6-9-1-2-9/h3-5,9,14H,1-2,6-8H2,(H,19,20).